The Bertz CT molecular complexity index is 691. The van der Waals surface area contributed by atoms with Gasteiger partial charge in [0.05, 0.1) is 25.2 Å². The minimum Gasteiger partial charge on any atom is -0.472 e. The summed E-state index contributed by atoms with van der Waals surface area (Å²) < 4.78 is 15.2. The lowest BCUT2D eigenvalue weighted by Gasteiger charge is -2.32. The smallest absolute Gasteiger partial charge is 0.334 e. The number of aryl methyl sites for hydroxylation is 1. The van der Waals surface area contributed by atoms with Gasteiger partial charge >= 0.3 is 11.9 Å². The zero-order valence-corrected chi connectivity index (χ0v) is 16.2. The van der Waals surface area contributed by atoms with Crippen LogP contribution in [0.3, 0.4) is 0 Å². The van der Waals surface area contributed by atoms with E-state index in [0.717, 1.165) is 12.0 Å². The highest BCUT2D eigenvalue weighted by molar-refractivity contribution is 5.90. The fraction of sp³-hybridized carbons (Fsp3) is 0.524. The van der Waals surface area contributed by atoms with Gasteiger partial charge in [-0.15, -0.1) is 0 Å². The lowest BCUT2D eigenvalue weighted by molar-refractivity contribution is -0.162. The minimum absolute atomic E-state index is 0.353. The van der Waals surface area contributed by atoms with Crippen molar-refractivity contribution >= 4 is 11.9 Å². The van der Waals surface area contributed by atoms with E-state index in [0.29, 0.717) is 43.3 Å². The second-order valence-electron chi connectivity index (χ2n) is 7.25. The van der Waals surface area contributed by atoms with E-state index in [-0.39, 0.29) is 5.97 Å². The molecule has 6 nitrogen and oxygen atoms in total. The Balaban J connectivity index is 1.90. The number of methoxy groups -OCH3 is 1. The van der Waals surface area contributed by atoms with Gasteiger partial charge in [-0.25, -0.2) is 9.59 Å². The molecule has 1 N–H and O–H groups in total. The highest BCUT2D eigenvalue weighted by Crippen LogP contribution is 2.27. The number of aliphatic hydroxyl groups is 1. The first-order valence-electron chi connectivity index (χ1n) is 9.22. The third-order valence-corrected chi connectivity index (χ3v) is 4.63. The summed E-state index contributed by atoms with van der Waals surface area (Å²) in [5.41, 5.74) is 1.22. The van der Waals surface area contributed by atoms with E-state index in [9.17, 15) is 14.7 Å². The summed E-state index contributed by atoms with van der Waals surface area (Å²) in [5.74, 6) is -0.745. The summed E-state index contributed by atoms with van der Waals surface area (Å²) in [5, 5.41) is 9.97. The number of cyclic esters (lactones) is 1. The lowest BCUT2D eigenvalue weighted by atomic mass is 9.92. The molecule has 148 valence electrons. The number of hydrogen-bond donors (Lipinski definition) is 1. The van der Waals surface area contributed by atoms with Crippen molar-refractivity contribution in [3.8, 4) is 0 Å². The van der Waals surface area contributed by atoms with E-state index < -0.39 is 17.7 Å². The molecular weight excluding hydrogens is 348 g/mol. The Hall–Kier alpha value is -2.34. The molecule has 0 radical (unpaired) electrons. The molecule has 0 bridgehead atoms. The van der Waals surface area contributed by atoms with Crippen LogP contribution < -0.4 is 0 Å². The number of furan rings is 1. The number of carbonyl (C=O) groups is 2. The van der Waals surface area contributed by atoms with Gasteiger partial charge in [0, 0.05) is 11.1 Å². The highest BCUT2D eigenvalue weighted by atomic mass is 16.6. The molecule has 1 unspecified atom stereocenters. The van der Waals surface area contributed by atoms with Crippen LogP contribution in [0.15, 0.2) is 46.3 Å². The molecule has 1 aliphatic rings. The molecule has 0 aromatic carbocycles. The van der Waals surface area contributed by atoms with Gasteiger partial charge in [0.25, 0.3) is 0 Å². The van der Waals surface area contributed by atoms with Crippen molar-refractivity contribution in [2.24, 2.45) is 0 Å². The van der Waals surface area contributed by atoms with Crippen LogP contribution in [-0.4, -0.2) is 35.9 Å². The average molecular weight is 376 g/mol. The Morgan fingerprint density at radius 1 is 1.41 bits per heavy atom. The maximum atomic E-state index is 12.1. The van der Waals surface area contributed by atoms with Gasteiger partial charge in [-0.2, -0.15) is 0 Å². The van der Waals surface area contributed by atoms with Crippen LogP contribution in [0, 0.1) is 0 Å². The van der Waals surface area contributed by atoms with Crippen LogP contribution in [0.5, 0.6) is 0 Å². The van der Waals surface area contributed by atoms with Gasteiger partial charge in [0.2, 0.25) is 0 Å². The molecule has 1 saturated heterocycles. The normalized spacial score (nSPS) is 19.9. The monoisotopic (exact) mass is 376 g/mol. The molecule has 2 rings (SSSR count). The number of hydrogen-bond acceptors (Lipinski definition) is 6. The van der Waals surface area contributed by atoms with Gasteiger partial charge in [0.1, 0.15) is 6.10 Å². The summed E-state index contributed by atoms with van der Waals surface area (Å²) in [6.45, 7) is 3.27. The minimum atomic E-state index is -1.04. The zero-order valence-electron chi connectivity index (χ0n) is 16.2. The van der Waals surface area contributed by atoms with Crippen molar-refractivity contribution < 1.29 is 28.6 Å². The van der Waals surface area contributed by atoms with Crippen LogP contribution in [0.1, 0.15) is 51.5 Å². The first kappa shape index (κ1) is 21.0. The molecule has 1 aromatic rings. The first-order valence-corrected chi connectivity index (χ1v) is 9.22. The summed E-state index contributed by atoms with van der Waals surface area (Å²) >= 11 is 0. The van der Waals surface area contributed by atoms with Crippen molar-refractivity contribution in [1.82, 2.24) is 0 Å². The van der Waals surface area contributed by atoms with E-state index in [1.165, 1.54) is 7.11 Å². The molecule has 1 aromatic heterocycles. The SMILES string of the molecule is COC(=O)C(=CCCc1ccoc1)CCC=C1CCC(C(C)(C)O)OC1=O. The Morgan fingerprint density at radius 2 is 2.19 bits per heavy atom. The van der Waals surface area contributed by atoms with Crippen LogP contribution in [0.2, 0.25) is 0 Å². The molecule has 1 aliphatic heterocycles. The molecule has 6 heteroatoms. The average Bonchev–Trinajstić information content (AvgIpc) is 3.13. The molecule has 27 heavy (non-hydrogen) atoms. The molecule has 0 spiro atoms. The van der Waals surface area contributed by atoms with Crippen LogP contribution >= 0.6 is 0 Å². The maximum absolute atomic E-state index is 12.1. The van der Waals surface area contributed by atoms with E-state index in [1.807, 2.05) is 18.2 Å². The van der Waals surface area contributed by atoms with Crippen molar-refractivity contribution in [3.63, 3.8) is 0 Å². The van der Waals surface area contributed by atoms with Gasteiger partial charge in [-0.05, 0) is 64.0 Å². The quantitative estimate of drug-likeness (QED) is 0.552. The number of allylic oxidation sites excluding steroid dienone is 2. The van der Waals surface area contributed by atoms with Crippen molar-refractivity contribution in [3.05, 3.63) is 47.5 Å². The highest BCUT2D eigenvalue weighted by Gasteiger charge is 2.34. The van der Waals surface area contributed by atoms with Crippen molar-refractivity contribution in [1.29, 1.82) is 0 Å². The van der Waals surface area contributed by atoms with E-state index in [4.69, 9.17) is 13.9 Å². The summed E-state index contributed by atoms with van der Waals surface area (Å²) in [6.07, 6.45) is 10.2. The number of ether oxygens (including phenoxy) is 2. The molecule has 0 amide bonds. The van der Waals surface area contributed by atoms with Crippen LogP contribution in [0.25, 0.3) is 0 Å². The van der Waals surface area contributed by atoms with Gasteiger partial charge < -0.3 is 19.0 Å². The number of esters is 2. The third-order valence-electron chi connectivity index (χ3n) is 4.63. The maximum Gasteiger partial charge on any atom is 0.334 e. The largest absolute Gasteiger partial charge is 0.472 e. The Labute approximate surface area is 159 Å². The second-order valence-corrected chi connectivity index (χ2v) is 7.25. The van der Waals surface area contributed by atoms with Gasteiger partial charge in [0.15, 0.2) is 0 Å². The first-order chi connectivity index (χ1) is 12.8. The second kappa shape index (κ2) is 9.55. The van der Waals surface area contributed by atoms with E-state index in [2.05, 4.69) is 0 Å². The zero-order chi connectivity index (χ0) is 19.9. The Morgan fingerprint density at radius 3 is 2.78 bits per heavy atom. The van der Waals surface area contributed by atoms with Crippen molar-refractivity contribution in [2.75, 3.05) is 7.11 Å². The number of carbonyl (C=O) groups excluding carboxylic acids is 2. The fourth-order valence-corrected chi connectivity index (χ4v) is 3.00. The molecule has 0 saturated carbocycles. The molecule has 1 fully saturated rings. The van der Waals surface area contributed by atoms with Gasteiger partial charge in [-0.3, -0.25) is 0 Å². The summed E-state index contributed by atoms with van der Waals surface area (Å²) in [6, 6.07) is 1.89. The van der Waals surface area contributed by atoms with Gasteiger partial charge in [-0.1, -0.05) is 12.2 Å². The molecule has 1 atom stereocenters. The lowest BCUT2D eigenvalue weighted by Crippen LogP contribution is -2.42. The van der Waals surface area contributed by atoms with Crippen molar-refractivity contribution in [2.45, 2.75) is 64.1 Å². The summed E-state index contributed by atoms with van der Waals surface area (Å²) in [4.78, 5) is 24.1. The predicted octanol–water partition coefficient (Wildman–Crippen LogP) is 3.49. The molecule has 2 heterocycles. The molecular formula is C21H28O6. The molecule has 0 aliphatic carbocycles. The predicted molar refractivity (Wildman–Crippen MR) is 99.9 cm³/mol. The fourth-order valence-electron chi connectivity index (χ4n) is 3.00. The third kappa shape index (κ3) is 6.40. The topological polar surface area (TPSA) is 86.0 Å². The summed E-state index contributed by atoms with van der Waals surface area (Å²) in [7, 11) is 1.36. The van der Waals surface area contributed by atoms with E-state index in [1.54, 1.807) is 26.4 Å². The Kier molecular flexibility index (Phi) is 7.42. The van der Waals surface area contributed by atoms with E-state index >= 15 is 0 Å². The number of rotatable bonds is 8. The van der Waals surface area contributed by atoms with Crippen LogP contribution in [0.4, 0.5) is 0 Å². The van der Waals surface area contributed by atoms with Crippen LogP contribution in [-0.2, 0) is 25.5 Å². The standard InChI is InChI=1S/C21H28O6/c1-21(2,24)18-11-10-17(20(23)27-18)9-5-8-16(19(22)25-3)7-4-6-15-12-13-26-14-15/h7,9,12-14,18,24H,4-6,8,10-11H2,1-3H3.